The average molecular weight is 171 g/mol. The molecule has 4 heteroatoms. The summed E-state index contributed by atoms with van der Waals surface area (Å²) in [5.74, 6) is 5.85. The summed E-state index contributed by atoms with van der Waals surface area (Å²) in [5.41, 5.74) is 5.60. The van der Waals surface area contributed by atoms with E-state index in [4.69, 9.17) is 5.84 Å². The van der Waals surface area contributed by atoms with Crippen LogP contribution in [0.15, 0.2) is 10.9 Å². The molecular weight excluding hydrogens is 158 g/mol. The van der Waals surface area contributed by atoms with Gasteiger partial charge in [0.25, 0.3) is 0 Å². The molecule has 0 radical (unpaired) electrons. The van der Waals surface area contributed by atoms with Gasteiger partial charge >= 0.3 is 0 Å². The van der Waals surface area contributed by atoms with E-state index in [0.717, 1.165) is 5.69 Å². The zero-order valence-corrected chi connectivity index (χ0v) is 7.56. The number of hydrogen-bond donors (Lipinski definition) is 2. The Morgan fingerprint density at radius 1 is 1.64 bits per heavy atom. The number of hydrazine groups is 1. The molecule has 0 aliphatic rings. The van der Waals surface area contributed by atoms with Gasteiger partial charge in [-0.05, 0) is 5.92 Å². The van der Waals surface area contributed by atoms with Gasteiger partial charge in [0.15, 0.2) is 0 Å². The van der Waals surface area contributed by atoms with Crippen LogP contribution in [0.25, 0.3) is 0 Å². The molecule has 0 saturated heterocycles. The molecule has 1 aromatic heterocycles. The molecule has 0 spiro atoms. The molecular formula is C7H13N3S. The normalized spacial score (nSPS) is 13.8. The van der Waals surface area contributed by atoms with Crippen molar-refractivity contribution in [3.05, 3.63) is 16.6 Å². The van der Waals surface area contributed by atoms with E-state index in [2.05, 4.69) is 24.3 Å². The lowest BCUT2D eigenvalue weighted by Crippen LogP contribution is -2.31. The molecule has 0 bridgehead atoms. The molecule has 0 amide bonds. The van der Waals surface area contributed by atoms with Gasteiger partial charge in [-0.15, -0.1) is 11.3 Å². The van der Waals surface area contributed by atoms with E-state index in [9.17, 15) is 0 Å². The fourth-order valence-electron chi connectivity index (χ4n) is 0.995. The van der Waals surface area contributed by atoms with Gasteiger partial charge in [0.2, 0.25) is 0 Å². The highest BCUT2D eigenvalue weighted by molar-refractivity contribution is 7.07. The second-order valence-corrected chi connectivity index (χ2v) is 3.52. The first-order valence-electron chi connectivity index (χ1n) is 3.60. The van der Waals surface area contributed by atoms with Crippen LogP contribution in [-0.2, 0) is 0 Å². The quantitative estimate of drug-likeness (QED) is 0.532. The predicted molar refractivity (Wildman–Crippen MR) is 47.0 cm³/mol. The molecule has 3 nitrogen and oxygen atoms in total. The lowest BCUT2D eigenvalue weighted by molar-refractivity contribution is 0.414. The highest BCUT2D eigenvalue weighted by Gasteiger charge is 2.14. The van der Waals surface area contributed by atoms with Gasteiger partial charge in [0.05, 0.1) is 17.2 Å². The van der Waals surface area contributed by atoms with Crippen LogP contribution in [0.5, 0.6) is 0 Å². The summed E-state index contributed by atoms with van der Waals surface area (Å²) in [6.07, 6.45) is 0. The van der Waals surface area contributed by atoms with E-state index >= 15 is 0 Å². The molecule has 0 aromatic carbocycles. The third-order valence-corrected chi connectivity index (χ3v) is 2.22. The first kappa shape index (κ1) is 8.64. The number of nitrogens with two attached hydrogens (primary N) is 1. The smallest absolute Gasteiger partial charge is 0.0795 e. The van der Waals surface area contributed by atoms with E-state index in [-0.39, 0.29) is 6.04 Å². The Kier molecular flexibility index (Phi) is 2.99. The molecule has 62 valence electrons. The lowest BCUT2D eigenvalue weighted by Gasteiger charge is -2.16. The van der Waals surface area contributed by atoms with Crippen molar-refractivity contribution in [2.75, 3.05) is 0 Å². The molecule has 0 saturated carbocycles. The zero-order chi connectivity index (χ0) is 8.27. The first-order chi connectivity index (χ1) is 5.25. The van der Waals surface area contributed by atoms with E-state index in [0.29, 0.717) is 5.92 Å². The minimum Gasteiger partial charge on any atom is -0.271 e. The molecule has 3 N–H and O–H groups in total. The van der Waals surface area contributed by atoms with Crippen LogP contribution in [0, 0.1) is 5.92 Å². The number of nitrogens with zero attached hydrogens (tertiary/aromatic N) is 1. The second-order valence-electron chi connectivity index (χ2n) is 2.80. The number of nitrogens with one attached hydrogen (secondary N) is 1. The molecule has 1 unspecified atom stereocenters. The van der Waals surface area contributed by atoms with Gasteiger partial charge in [-0.2, -0.15) is 0 Å². The number of aromatic nitrogens is 1. The van der Waals surface area contributed by atoms with Crippen LogP contribution < -0.4 is 11.3 Å². The van der Waals surface area contributed by atoms with E-state index < -0.39 is 0 Å². The monoisotopic (exact) mass is 171 g/mol. The molecule has 0 aliphatic heterocycles. The van der Waals surface area contributed by atoms with Gasteiger partial charge in [-0.25, -0.2) is 4.98 Å². The molecule has 1 heterocycles. The van der Waals surface area contributed by atoms with Crippen molar-refractivity contribution in [3.8, 4) is 0 Å². The van der Waals surface area contributed by atoms with Crippen molar-refractivity contribution < 1.29 is 0 Å². The molecule has 11 heavy (non-hydrogen) atoms. The summed E-state index contributed by atoms with van der Waals surface area (Å²) >= 11 is 1.59. The first-order valence-corrected chi connectivity index (χ1v) is 4.54. The topological polar surface area (TPSA) is 50.9 Å². The highest BCUT2D eigenvalue weighted by Crippen LogP contribution is 2.19. The summed E-state index contributed by atoms with van der Waals surface area (Å²) in [6, 6.07) is 0.182. The van der Waals surface area contributed by atoms with Crippen molar-refractivity contribution in [3.63, 3.8) is 0 Å². The van der Waals surface area contributed by atoms with Crippen LogP contribution in [0.3, 0.4) is 0 Å². The molecule has 1 atom stereocenters. The summed E-state index contributed by atoms with van der Waals surface area (Å²) in [7, 11) is 0. The standard InChI is InChI=1S/C7H13N3S/c1-5(2)7(10-8)6-3-11-4-9-6/h3-5,7,10H,8H2,1-2H3. The minimum atomic E-state index is 0.182. The van der Waals surface area contributed by atoms with Crippen LogP contribution in [0.4, 0.5) is 0 Å². The Balaban J connectivity index is 2.71. The van der Waals surface area contributed by atoms with Crippen molar-refractivity contribution in [2.45, 2.75) is 19.9 Å². The maximum atomic E-state index is 5.38. The van der Waals surface area contributed by atoms with Gasteiger partial charge in [-0.3, -0.25) is 11.3 Å². The predicted octanol–water partition coefficient (Wildman–Crippen LogP) is 1.30. The van der Waals surface area contributed by atoms with Gasteiger partial charge in [0, 0.05) is 5.38 Å². The summed E-state index contributed by atoms with van der Waals surface area (Å²) < 4.78 is 0. The number of thiazole rings is 1. The van der Waals surface area contributed by atoms with Gasteiger partial charge < -0.3 is 0 Å². The molecule has 1 rings (SSSR count). The average Bonchev–Trinajstić information content (AvgIpc) is 2.40. The third kappa shape index (κ3) is 1.99. The van der Waals surface area contributed by atoms with E-state index in [1.807, 2.05) is 10.9 Å². The SMILES string of the molecule is CC(C)C(NN)c1cscn1. The van der Waals surface area contributed by atoms with Crippen molar-refractivity contribution in [2.24, 2.45) is 11.8 Å². The Hall–Kier alpha value is -0.450. The van der Waals surface area contributed by atoms with Crippen LogP contribution >= 0.6 is 11.3 Å². The van der Waals surface area contributed by atoms with Gasteiger partial charge in [0.1, 0.15) is 0 Å². The summed E-state index contributed by atoms with van der Waals surface area (Å²) in [6.45, 7) is 4.23. The van der Waals surface area contributed by atoms with Gasteiger partial charge in [-0.1, -0.05) is 13.8 Å². The highest BCUT2D eigenvalue weighted by atomic mass is 32.1. The van der Waals surface area contributed by atoms with E-state index in [1.54, 1.807) is 11.3 Å². The van der Waals surface area contributed by atoms with Crippen molar-refractivity contribution in [1.82, 2.24) is 10.4 Å². The molecule has 0 aliphatic carbocycles. The zero-order valence-electron chi connectivity index (χ0n) is 6.74. The van der Waals surface area contributed by atoms with Crippen LogP contribution in [0.1, 0.15) is 25.6 Å². The Morgan fingerprint density at radius 2 is 2.36 bits per heavy atom. The Labute approximate surface area is 70.6 Å². The lowest BCUT2D eigenvalue weighted by atomic mass is 10.0. The van der Waals surface area contributed by atoms with E-state index in [1.165, 1.54) is 0 Å². The summed E-state index contributed by atoms with van der Waals surface area (Å²) in [4.78, 5) is 4.18. The fourth-order valence-corrected chi connectivity index (χ4v) is 1.59. The minimum absolute atomic E-state index is 0.182. The fraction of sp³-hybridized carbons (Fsp3) is 0.571. The second kappa shape index (κ2) is 3.80. The maximum Gasteiger partial charge on any atom is 0.0795 e. The summed E-state index contributed by atoms with van der Waals surface area (Å²) in [5, 5.41) is 2.02. The van der Waals surface area contributed by atoms with Crippen LogP contribution in [0.2, 0.25) is 0 Å². The molecule has 0 fully saturated rings. The largest absolute Gasteiger partial charge is 0.271 e. The maximum absolute atomic E-state index is 5.38. The van der Waals surface area contributed by atoms with Crippen LogP contribution in [-0.4, -0.2) is 4.98 Å². The Morgan fingerprint density at radius 3 is 2.73 bits per heavy atom. The number of rotatable bonds is 3. The Bertz CT molecular complexity index is 195. The third-order valence-electron chi connectivity index (χ3n) is 1.62. The van der Waals surface area contributed by atoms with Crippen molar-refractivity contribution >= 4 is 11.3 Å². The molecule has 1 aromatic rings. The number of hydrogen-bond acceptors (Lipinski definition) is 4. The van der Waals surface area contributed by atoms with Crippen molar-refractivity contribution in [1.29, 1.82) is 0 Å².